The van der Waals surface area contributed by atoms with Crippen LogP contribution in [-0.4, -0.2) is 23.2 Å². The lowest BCUT2D eigenvalue weighted by Gasteiger charge is -2.07. The number of ether oxygens (including phenoxy) is 1. The highest BCUT2D eigenvalue weighted by Crippen LogP contribution is 2.32. The van der Waals surface area contributed by atoms with Crippen molar-refractivity contribution in [2.45, 2.75) is 0 Å². The van der Waals surface area contributed by atoms with E-state index in [2.05, 4.69) is 9.72 Å². The third-order valence-corrected chi connectivity index (χ3v) is 2.27. The van der Waals surface area contributed by atoms with E-state index in [-0.39, 0.29) is 0 Å². The minimum atomic E-state index is -1.49. The number of benzene rings is 1. The zero-order valence-electron chi connectivity index (χ0n) is 9.41. The molecule has 19 heavy (non-hydrogen) atoms. The number of carbonyl (C=O) groups is 1. The molecule has 0 atom stereocenters. The minimum absolute atomic E-state index is 0.488. The quantitative estimate of drug-likeness (QED) is 0.869. The number of carboxylic acids is 1. The molecule has 100 valence electrons. The van der Waals surface area contributed by atoms with Gasteiger partial charge in [-0.1, -0.05) is 0 Å². The van der Waals surface area contributed by atoms with Crippen LogP contribution < -0.4 is 4.74 Å². The Bertz CT molecular complexity index is 654. The van der Waals surface area contributed by atoms with Crippen LogP contribution in [0.15, 0.2) is 16.7 Å². The van der Waals surface area contributed by atoms with Gasteiger partial charge in [0.05, 0.1) is 12.7 Å². The van der Waals surface area contributed by atoms with Gasteiger partial charge in [0.1, 0.15) is 6.26 Å². The molecule has 1 heterocycles. The van der Waals surface area contributed by atoms with Crippen LogP contribution in [0.1, 0.15) is 10.5 Å². The second-order valence-corrected chi connectivity index (χ2v) is 3.41. The molecular formula is C11H6F3NO4. The molecule has 0 spiro atoms. The number of nitrogens with zero attached hydrogens (tertiary/aromatic N) is 1. The summed E-state index contributed by atoms with van der Waals surface area (Å²) in [7, 11) is 0.961. The highest BCUT2D eigenvalue weighted by Gasteiger charge is 2.24. The lowest BCUT2D eigenvalue weighted by Crippen LogP contribution is -2.00. The van der Waals surface area contributed by atoms with Crippen molar-refractivity contribution in [3.8, 4) is 17.2 Å². The summed E-state index contributed by atoms with van der Waals surface area (Å²) in [6.07, 6.45) is 0.755. The van der Waals surface area contributed by atoms with Gasteiger partial charge in [0.2, 0.25) is 11.7 Å². The Morgan fingerprint density at radius 1 is 1.37 bits per heavy atom. The Morgan fingerprint density at radius 2 is 2.05 bits per heavy atom. The van der Waals surface area contributed by atoms with Gasteiger partial charge >= 0.3 is 5.97 Å². The van der Waals surface area contributed by atoms with Crippen molar-refractivity contribution in [2.75, 3.05) is 7.11 Å². The largest absolute Gasteiger partial charge is 0.491 e. The molecule has 1 aromatic carbocycles. The summed E-state index contributed by atoms with van der Waals surface area (Å²) in [5, 5.41) is 8.64. The molecule has 2 rings (SSSR count). The van der Waals surface area contributed by atoms with E-state index in [4.69, 9.17) is 9.52 Å². The molecule has 0 fully saturated rings. The summed E-state index contributed by atoms with van der Waals surface area (Å²) in [5.41, 5.74) is -1.03. The molecule has 0 saturated heterocycles. The molecule has 0 unspecified atom stereocenters. The average Bonchev–Trinajstić information content (AvgIpc) is 2.84. The average molecular weight is 273 g/mol. The van der Waals surface area contributed by atoms with Gasteiger partial charge in [0.25, 0.3) is 0 Å². The van der Waals surface area contributed by atoms with Gasteiger partial charge in [0.15, 0.2) is 23.1 Å². The molecule has 0 radical (unpaired) electrons. The fraction of sp³-hybridized carbons (Fsp3) is 0.0909. The maximum Gasteiger partial charge on any atom is 0.357 e. The molecule has 0 aliphatic rings. The number of oxazole rings is 1. The van der Waals surface area contributed by atoms with E-state index in [1.165, 1.54) is 0 Å². The van der Waals surface area contributed by atoms with Crippen molar-refractivity contribution < 1.29 is 32.2 Å². The molecule has 0 saturated carbocycles. The number of hydrogen-bond donors (Lipinski definition) is 1. The first-order chi connectivity index (χ1) is 8.95. The molecule has 0 aliphatic heterocycles. The third kappa shape index (κ3) is 2.12. The number of hydrogen-bond acceptors (Lipinski definition) is 4. The fourth-order valence-electron chi connectivity index (χ4n) is 1.41. The van der Waals surface area contributed by atoms with Crippen molar-refractivity contribution in [1.29, 1.82) is 0 Å². The summed E-state index contributed by atoms with van der Waals surface area (Å²) in [6, 6.07) is 0.505. The Labute approximate surface area is 104 Å². The molecular weight excluding hydrogens is 267 g/mol. The zero-order chi connectivity index (χ0) is 14.2. The first-order valence-corrected chi connectivity index (χ1v) is 4.86. The van der Waals surface area contributed by atoms with Crippen molar-refractivity contribution in [2.24, 2.45) is 0 Å². The summed E-state index contributed by atoms with van der Waals surface area (Å²) < 4.78 is 49.4. The summed E-state index contributed by atoms with van der Waals surface area (Å²) in [6.45, 7) is 0. The van der Waals surface area contributed by atoms with Crippen LogP contribution in [0.4, 0.5) is 13.2 Å². The van der Waals surface area contributed by atoms with Crippen LogP contribution in [0.25, 0.3) is 11.5 Å². The van der Waals surface area contributed by atoms with Crippen LogP contribution >= 0.6 is 0 Å². The van der Waals surface area contributed by atoms with E-state index in [0.717, 1.165) is 13.4 Å². The predicted molar refractivity (Wildman–Crippen MR) is 55.3 cm³/mol. The second-order valence-electron chi connectivity index (χ2n) is 3.41. The Morgan fingerprint density at radius 3 is 2.58 bits per heavy atom. The van der Waals surface area contributed by atoms with Crippen LogP contribution in [-0.2, 0) is 0 Å². The second kappa shape index (κ2) is 4.63. The summed E-state index contributed by atoms with van der Waals surface area (Å²) >= 11 is 0. The highest BCUT2D eigenvalue weighted by molar-refractivity contribution is 5.85. The molecule has 8 heteroatoms. The summed E-state index contributed by atoms with van der Waals surface area (Å²) in [4.78, 5) is 14.0. The maximum atomic E-state index is 13.8. The van der Waals surface area contributed by atoms with Gasteiger partial charge in [-0.15, -0.1) is 0 Å². The minimum Gasteiger partial charge on any atom is -0.491 e. The molecule has 1 N–H and O–H groups in total. The van der Waals surface area contributed by atoms with E-state index >= 15 is 0 Å². The molecule has 0 amide bonds. The Kier molecular flexibility index (Phi) is 3.16. The number of halogens is 3. The highest BCUT2D eigenvalue weighted by atomic mass is 19.2. The topological polar surface area (TPSA) is 72.6 Å². The fourth-order valence-corrected chi connectivity index (χ4v) is 1.41. The number of aromatic carboxylic acids is 1. The van der Waals surface area contributed by atoms with E-state index < -0.39 is 46.3 Å². The van der Waals surface area contributed by atoms with E-state index in [1.54, 1.807) is 0 Å². The van der Waals surface area contributed by atoms with Crippen molar-refractivity contribution >= 4 is 5.97 Å². The van der Waals surface area contributed by atoms with Crippen LogP contribution in [0.3, 0.4) is 0 Å². The Balaban J connectivity index is 2.61. The van der Waals surface area contributed by atoms with Gasteiger partial charge < -0.3 is 14.3 Å². The zero-order valence-corrected chi connectivity index (χ0v) is 9.41. The van der Waals surface area contributed by atoms with Gasteiger partial charge in [-0.2, -0.15) is 4.39 Å². The predicted octanol–water partition coefficient (Wildman–Crippen LogP) is 2.47. The lowest BCUT2D eigenvalue weighted by molar-refractivity contribution is 0.0690. The van der Waals surface area contributed by atoms with Gasteiger partial charge in [-0.25, -0.2) is 18.6 Å². The molecule has 5 nitrogen and oxygen atoms in total. The van der Waals surface area contributed by atoms with Gasteiger partial charge in [-0.05, 0) is 6.07 Å². The standard InChI is InChI=1S/C11H6F3NO4/c1-18-9-7(13)4(2-5(12)8(9)14)10-15-6(3-19-10)11(16)17/h2-3H,1H3,(H,16,17). The van der Waals surface area contributed by atoms with Crippen LogP contribution in [0.2, 0.25) is 0 Å². The molecule has 1 aromatic heterocycles. The van der Waals surface area contributed by atoms with Gasteiger partial charge in [0, 0.05) is 0 Å². The van der Waals surface area contributed by atoms with Gasteiger partial charge in [-0.3, -0.25) is 0 Å². The molecule has 2 aromatic rings. The van der Waals surface area contributed by atoms with Crippen molar-refractivity contribution in [3.63, 3.8) is 0 Å². The molecule has 0 bridgehead atoms. The van der Waals surface area contributed by atoms with Crippen molar-refractivity contribution in [3.05, 3.63) is 35.5 Å². The Hall–Kier alpha value is -2.51. The smallest absolute Gasteiger partial charge is 0.357 e. The number of methoxy groups -OCH3 is 1. The van der Waals surface area contributed by atoms with E-state index in [9.17, 15) is 18.0 Å². The number of carboxylic acid groups (broad SMARTS) is 1. The monoisotopic (exact) mass is 273 g/mol. The number of rotatable bonds is 3. The lowest BCUT2D eigenvalue weighted by atomic mass is 10.2. The number of aromatic nitrogens is 1. The van der Waals surface area contributed by atoms with E-state index in [0.29, 0.717) is 6.07 Å². The van der Waals surface area contributed by atoms with Crippen molar-refractivity contribution in [1.82, 2.24) is 4.98 Å². The third-order valence-electron chi connectivity index (χ3n) is 2.27. The van der Waals surface area contributed by atoms with Crippen LogP contribution in [0, 0.1) is 17.5 Å². The normalized spacial score (nSPS) is 10.5. The SMILES string of the molecule is COc1c(F)c(F)cc(-c2nc(C(=O)O)co2)c1F. The summed E-state index contributed by atoms with van der Waals surface area (Å²) in [5.74, 6) is -6.93. The first kappa shape index (κ1) is 12.9. The molecule has 0 aliphatic carbocycles. The maximum absolute atomic E-state index is 13.8. The first-order valence-electron chi connectivity index (χ1n) is 4.86. The van der Waals surface area contributed by atoms with E-state index in [1.807, 2.05) is 0 Å². The van der Waals surface area contributed by atoms with Crippen LogP contribution in [0.5, 0.6) is 5.75 Å².